The van der Waals surface area contributed by atoms with Crippen molar-refractivity contribution in [3.05, 3.63) is 178 Å². The summed E-state index contributed by atoms with van der Waals surface area (Å²) in [7, 11) is -1.43. The molecule has 3 aromatic carbocycles. The monoisotopic (exact) mass is 876 g/mol. The number of halogens is 2. The smallest absolute Gasteiger partial charge is 0.271 e. The molecule has 0 spiro atoms. The molecular formula is C52H54F2N6O3Si. The van der Waals surface area contributed by atoms with E-state index in [0.29, 0.717) is 42.2 Å². The molecule has 8 rings (SSSR count). The van der Waals surface area contributed by atoms with Gasteiger partial charge in [-0.1, -0.05) is 92.4 Å². The second-order valence-electron chi connectivity index (χ2n) is 18.3. The van der Waals surface area contributed by atoms with Gasteiger partial charge in [-0.05, 0) is 99.2 Å². The maximum Gasteiger partial charge on any atom is 0.271 e. The molecule has 9 nitrogen and oxygen atoms in total. The van der Waals surface area contributed by atoms with Crippen LogP contribution in [0, 0.1) is 18.6 Å². The van der Waals surface area contributed by atoms with E-state index in [9.17, 15) is 13.9 Å². The summed E-state index contributed by atoms with van der Waals surface area (Å²) in [6.45, 7) is 13.1. The topological polar surface area (TPSA) is 106 Å². The molecule has 0 fully saturated rings. The first-order chi connectivity index (χ1) is 30.7. The highest BCUT2D eigenvalue weighted by molar-refractivity contribution is 6.76. The van der Waals surface area contributed by atoms with Gasteiger partial charge in [0.1, 0.15) is 24.1 Å². The van der Waals surface area contributed by atoms with Crippen molar-refractivity contribution in [3.8, 4) is 11.1 Å². The number of fused-ring (bicyclic) bond motifs is 2. The standard InChI is InChI=1S/C52H54F2N6O3Si/c1-34-29-45-43(57-50(34)58-48(35-15-9-7-10-16-35)36-17-11-8-12-18-36)30-46(60(45)33-63-27-28-64(4,5)6)51(61)59(44-22-13-19-39-40(52(2,3)62)25-26-55-49(39)44)32-38-24-23-37(31-56-38)47-41(53)20-14-21-42(47)54/h7-12,14-18,20-21,23-26,29-31,44,62H,13,19,22,27-28,32-33H2,1-6H3. The van der Waals surface area contributed by atoms with Gasteiger partial charge in [-0.15, -0.1) is 0 Å². The van der Waals surface area contributed by atoms with Gasteiger partial charge in [-0.25, -0.2) is 18.8 Å². The number of benzene rings is 3. The number of carbonyl (C=O) groups excluding carboxylic acids is 1. The van der Waals surface area contributed by atoms with E-state index in [2.05, 4.69) is 24.6 Å². The molecule has 1 unspecified atom stereocenters. The van der Waals surface area contributed by atoms with E-state index in [0.717, 1.165) is 57.2 Å². The summed E-state index contributed by atoms with van der Waals surface area (Å²) in [6.07, 6.45) is 5.21. The normalized spacial score (nSPS) is 14.0. The number of aliphatic imine (C=N–C) groups is 1. The minimum atomic E-state index is -1.43. The molecule has 4 heterocycles. The van der Waals surface area contributed by atoms with Crippen molar-refractivity contribution in [2.24, 2.45) is 4.99 Å². The zero-order chi connectivity index (χ0) is 45.2. The van der Waals surface area contributed by atoms with Gasteiger partial charge in [0.25, 0.3) is 5.91 Å². The molecule has 0 saturated heterocycles. The number of aryl methyl sites for hydroxylation is 1. The van der Waals surface area contributed by atoms with Crippen molar-refractivity contribution < 1.29 is 23.4 Å². The molecule has 4 aromatic heterocycles. The van der Waals surface area contributed by atoms with Crippen molar-refractivity contribution >= 4 is 36.5 Å². The minimum Gasteiger partial charge on any atom is -0.386 e. The van der Waals surface area contributed by atoms with Crippen LogP contribution >= 0.6 is 0 Å². The molecule has 328 valence electrons. The largest absolute Gasteiger partial charge is 0.386 e. The van der Waals surface area contributed by atoms with E-state index in [4.69, 9.17) is 19.7 Å². The number of aliphatic hydroxyl groups is 1. The summed E-state index contributed by atoms with van der Waals surface area (Å²) in [5, 5.41) is 11.2. The Labute approximate surface area is 374 Å². The lowest BCUT2D eigenvalue weighted by atomic mass is 9.83. The second kappa shape index (κ2) is 18.5. The van der Waals surface area contributed by atoms with Crippen LogP contribution in [0.1, 0.15) is 82.4 Å². The predicted octanol–water partition coefficient (Wildman–Crippen LogP) is 11.5. The van der Waals surface area contributed by atoms with Gasteiger partial charge in [0.15, 0.2) is 5.82 Å². The Bertz CT molecular complexity index is 2760. The van der Waals surface area contributed by atoms with Gasteiger partial charge < -0.3 is 19.3 Å². The molecule has 0 aliphatic heterocycles. The molecule has 1 aliphatic rings. The summed E-state index contributed by atoms with van der Waals surface area (Å²) in [5.41, 5.74) is 7.12. The lowest BCUT2D eigenvalue weighted by Crippen LogP contribution is -2.38. The number of ether oxygens (including phenoxy) is 1. The molecule has 1 N–H and O–H groups in total. The molecule has 1 amide bonds. The number of rotatable bonds is 14. The van der Waals surface area contributed by atoms with Crippen molar-refractivity contribution in [1.82, 2.24) is 24.4 Å². The quantitative estimate of drug-likeness (QED) is 0.0663. The third-order valence-corrected chi connectivity index (χ3v) is 13.5. The zero-order valence-corrected chi connectivity index (χ0v) is 38.3. The minimum absolute atomic E-state index is 0.0644. The zero-order valence-electron chi connectivity index (χ0n) is 37.3. The number of carbonyl (C=O) groups is 1. The van der Waals surface area contributed by atoms with E-state index in [1.807, 2.05) is 90.4 Å². The molecule has 1 aliphatic carbocycles. The number of hydrogen-bond donors (Lipinski definition) is 1. The maximum atomic E-state index is 15.6. The predicted molar refractivity (Wildman–Crippen MR) is 251 cm³/mol. The molecule has 0 saturated carbocycles. The maximum absolute atomic E-state index is 15.6. The van der Waals surface area contributed by atoms with E-state index < -0.39 is 31.4 Å². The number of pyridine rings is 3. The first kappa shape index (κ1) is 44.4. The van der Waals surface area contributed by atoms with Crippen LogP contribution in [0.4, 0.5) is 14.6 Å². The number of aromatic nitrogens is 4. The molecule has 12 heteroatoms. The van der Waals surface area contributed by atoms with Crippen molar-refractivity contribution in [1.29, 1.82) is 0 Å². The van der Waals surface area contributed by atoms with Crippen LogP contribution in [0.2, 0.25) is 25.7 Å². The summed E-state index contributed by atoms with van der Waals surface area (Å²) >= 11 is 0. The van der Waals surface area contributed by atoms with Gasteiger partial charge in [0.05, 0.1) is 51.9 Å². The Hall–Kier alpha value is -6.21. The Balaban J connectivity index is 1.26. The van der Waals surface area contributed by atoms with Gasteiger partial charge in [0.2, 0.25) is 0 Å². The van der Waals surface area contributed by atoms with Crippen molar-refractivity contribution in [2.75, 3.05) is 6.61 Å². The lowest BCUT2D eigenvalue weighted by Gasteiger charge is -2.37. The van der Waals surface area contributed by atoms with E-state index in [1.54, 1.807) is 37.1 Å². The molecule has 0 radical (unpaired) electrons. The third kappa shape index (κ3) is 9.64. The van der Waals surface area contributed by atoms with Crippen LogP contribution in [0.5, 0.6) is 0 Å². The van der Waals surface area contributed by atoms with Crippen LogP contribution < -0.4 is 0 Å². The van der Waals surface area contributed by atoms with E-state index in [-0.39, 0.29) is 30.3 Å². The average Bonchev–Trinajstić information content (AvgIpc) is 3.62. The molecular weight excluding hydrogens is 823 g/mol. The highest BCUT2D eigenvalue weighted by atomic mass is 28.3. The number of hydrogen-bond acceptors (Lipinski definition) is 7. The van der Waals surface area contributed by atoms with Crippen LogP contribution in [0.3, 0.4) is 0 Å². The Morgan fingerprint density at radius 3 is 2.23 bits per heavy atom. The second-order valence-corrected chi connectivity index (χ2v) is 23.9. The fourth-order valence-electron chi connectivity index (χ4n) is 8.45. The number of nitrogens with zero attached hydrogens (tertiary/aromatic N) is 6. The van der Waals surface area contributed by atoms with Gasteiger partial charge in [0, 0.05) is 43.8 Å². The van der Waals surface area contributed by atoms with E-state index in [1.165, 1.54) is 24.4 Å². The molecule has 1 atom stereocenters. The Morgan fingerprint density at radius 1 is 0.922 bits per heavy atom. The fraction of sp³-hybridized carbons (Fsp3) is 0.288. The Morgan fingerprint density at radius 2 is 1.61 bits per heavy atom. The van der Waals surface area contributed by atoms with E-state index >= 15 is 4.79 Å². The Kier molecular flexibility index (Phi) is 12.8. The summed E-state index contributed by atoms with van der Waals surface area (Å²) in [5.74, 6) is -1.13. The van der Waals surface area contributed by atoms with Crippen LogP contribution in [-0.4, -0.2) is 55.8 Å². The highest BCUT2D eigenvalue weighted by Crippen LogP contribution is 2.40. The van der Waals surface area contributed by atoms with Gasteiger partial charge in [-0.2, -0.15) is 0 Å². The van der Waals surface area contributed by atoms with Crippen LogP contribution in [0.25, 0.3) is 22.2 Å². The van der Waals surface area contributed by atoms with Crippen molar-refractivity contribution in [2.45, 2.75) is 90.6 Å². The first-order valence-electron chi connectivity index (χ1n) is 21.9. The molecule has 64 heavy (non-hydrogen) atoms. The SMILES string of the molecule is Cc1cc2c(cc(C(=O)N(Cc3ccc(-c4c(F)cccc4F)cn3)C3CCCc4c(C(C)(C)O)ccnc43)n2COCC[Si](C)(C)C)nc1N=C(c1ccccc1)c1ccccc1. The van der Waals surface area contributed by atoms with Crippen molar-refractivity contribution in [3.63, 3.8) is 0 Å². The summed E-state index contributed by atoms with van der Waals surface area (Å²) in [6, 6.07) is 33.3. The number of amides is 1. The average molecular weight is 877 g/mol. The fourth-order valence-corrected chi connectivity index (χ4v) is 9.21. The lowest BCUT2D eigenvalue weighted by molar-refractivity contribution is 0.0570. The first-order valence-corrected chi connectivity index (χ1v) is 25.6. The highest BCUT2D eigenvalue weighted by Gasteiger charge is 2.36. The van der Waals surface area contributed by atoms with Crippen LogP contribution in [-0.2, 0) is 30.0 Å². The summed E-state index contributed by atoms with van der Waals surface area (Å²) in [4.78, 5) is 37.3. The van der Waals surface area contributed by atoms with Crippen LogP contribution in [0.15, 0.2) is 127 Å². The van der Waals surface area contributed by atoms with Gasteiger partial charge >= 0.3 is 0 Å². The molecule has 7 aromatic rings. The van der Waals surface area contributed by atoms with Gasteiger partial charge in [-0.3, -0.25) is 14.8 Å². The molecule has 0 bridgehead atoms. The summed E-state index contributed by atoms with van der Waals surface area (Å²) < 4.78 is 38.0. The third-order valence-electron chi connectivity index (χ3n) is 11.8.